The standard InChI is InChI=1S/C15H13FN4/c1-20-9-18-14-5-3-11(7-15(14)20)19-13-4-2-10(8-17)6-12(13)16/h2-7,18-19H,9H2,1H3. The Balaban J connectivity index is 1.89. The van der Waals surface area contributed by atoms with E-state index in [1.165, 1.54) is 6.07 Å². The number of anilines is 4. The highest BCUT2D eigenvalue weighted by Gasteiger charge is 2.15. The number of rotatable bonds is 2. The summed E-state index contributed by atoms with van der Waals surface area (Å²) < 4.78 is 13.8. The molecule has 0 saturated heterocycles. The zero-order valence-corrected chi connectivity index (χ0v) is 10.9. The van der Waals surface area contributed by atoms with Gasteiger partial charge in [-0.05, 0) is 36.4 Å². The third kappa shape index (κ3) is 2.12. The van der Waals surface area contributed by atoms with Gasteiger partial charge in [-0.2, -0.15) is 5.26 Å². The summed E-state index contributed by atoms with van der Waals surface area (Å²) in [5, 5.41) is 15.0. The van der Waals surface area contributed by atoms with Gasteiger partial charge in [0.25, 0.3) is 0 Å². The Hall–Kier alpha value is -2.74. The van der Waals surface area contributed by atoms with Crippen LogP contribution in [-0.2, 0) is 0 Å². The minimum Gasteiger partial charge on any atom is -0.366 e. The molecule has 2 aromatic rings. The van der Waals surface area contributed by atoms with Gasteiger partial charge in [0.1, 0.15) is 5.82 Å². The van der Waals surface area contributed by atoms with Crippen LogP contribution in [0.3, 0.4) is 0 Å². The highest BCUT2D eigenvalue weighted by molar-refractivity contribution is 5.79. The lowest BCUT2D eigenvalue weighted by Crippen LogP contribution is -2.15. The number of hydrogen-bond donors (Lipinski definition) is 2. The summed E-state index contributed by atoms with van der Waals surface area (Å²) in [6, 6.07) is 12.1. The van der Waals surface area contributed by atoms with Gasteiger partial charge >= 0.3 is 0 Å². The van der Waals surface area contributed by atoms with Crippen LogP contribution in [0.25, 0.3) is 0 Å². The molecular formula is C15H13FN4. The maximum Gasteiger partial charge on any atom is 0.147 e. The average Bonchev–Trinajstić information content (AvgIpc) is 2.82. The molecule has 20 heavy (non-hydrogen) atoms. The predicted molar refractivity (Wildman–Crippen MR) is 77.7 cm³/mol. The van der Waals surface area contributed by atoms with Crippen molar-refractivity contribution in [1.29, 1.82) is 5.26 Å². The van der Waals surface area contributed by atoms with Crippen LogP contribution < -0.4 is 15.5 Å². The van der Waals surface area contributed by atoms with E-state index in [1.807, 2.05) is 31.3 Å². The van der Waals surface area contributed by atoms with Gasteiger partial charge in [0.05, 0.1) is 35.4 Å². The number of fused-ring (bicyclic) bond motifs is 1. The van der Waals surface area contributed by atoms with Crippen molar-refractivity contribution in [2.45, 2.75) is 0 Å². The van der Waals surface area contributed by atoms with Crippen molar-refractivity contribution in [2.75, 3.05) is 29.2 Å². The first-order valence-electron chi connectivity index (χ1n) is 6.23. The van der Waals surface area contributed by atoms with E-state index in [0.717, 1.165) is 23.7 Å². The molecule has 2 N–H and O–H groups in total. The Morgan fingerprint density at radius 1 is 1.30 bits per heavy atom. The lowest BCUT2D eigenvalue weighted by molar-refractivity contribution is 0.631. The van der Waals surface area contributed by atoms with Crippen LogP contribution in [0.15, 0.2) is 36.4 Å². The van der Waals surface area contributed by atoms with Crippen molar-refractivity contribution < 1.29 is 4.39 Å². The first kappa shape index (κ1) is 12.3. The minimum atomic E-state index is -0.434. The van der Waals surface area contributed by atoms with Crippen LogP contribution in [0.5, 0.6) is 0 Å². The van der Waals surface area contributed by atoms with Crippen LogP contribution in [-0.4, -0.2) is 13.7 Å². The zero-order chi connectivity index (χ0) is 14.1. The van der Waals surface area contributed by atoms with Gasteiger partial charge in [0.15, 0.2) is 0 Å². The second kappa shape index (κ2) is 4.74. The van der Waals surface area contributed by atoms with Crippen LogP contribution in [0.2, 0.25) is 0 Å². The number of nitrogens with zero attached hydrogens (tertiary/aromatic N) is 2. The Labute approximate surface area is 116 Å². The maximum absolute atomic E-state index is 13.8. The number of benzene rings is 2. The molecule has 0 radical (unpaired) electrons. The van der Waals surface area contributed by atoms with Crippen LogP contribution in [0.4, 0.5) is 27.1 Å². The number of nitriles is 1. The van der Waals surface area contributed by atoms with E-state index in [2.05, 4.69) is 15.5 Å². The normalized spacial score (nSPS) is 12.6. The molecule has 1 aliphatic rings. The lowest BCUT2D eigenvalue weighted by atomic mass is 10.2. The highest BCUT2D eigenvalue weighted by Crippen LogP contribution is 2.33. The number of hydrogen-bond acceptors (Lipinski definition) is 4. The van der Waals surface area contributed by atoms with Gasteiger partial charge < -0.3 is 15.5 Å². The molecule has 1 aliphatic heterocycles. The van der Waals surface area contributed by atoms with Gasteiger partial charge in [-0.25, -0.2) is 4.39 Å². The fraction of sp³-hybridized carbons (Fsp3) is 0.133. The fourth-order valence-electron chi connectivity index (χ4n) is 2.21. The summed E-state index contributed by atoms with van der Waals surface area (Å²) in [5.41, 5.74) is 3.62. The molecular weight excluding hydrogens is 255 g/mol. The molecule has 0 aromatic heterocycles. The van der Waals surface area contributed by atoms with E-state index < -0.39 is 5.82 Å². The quantitative estimate of drug-likeness (QED) is 0.877. The summed E-state index contributed by atoms with van der Waals surface area (Å²) in [6.07, 6.45) is 0. The van der Waals surface area contributed by atoms with E-state index in [-0.39, 0.29) is 0 Å². The average molecular weight is 268 g/mol. The summed E-state index contributed by atoms with van der Waals surface area (Å²) in [7, 11) is 1.99. The first-order chi connectivity index (χ1) is 9.67. The molecule has 2 aromatic carbocycles. The van der Waals surface area contributed by atoms with E-state index in [4.69, 9.17) is 5.26 Å². The lowest BCUT2D eigenvalue weighted by Gasteiger charge is -2.13. The smallest absolute Gasteiger partial charge is 0.147 e. The molecule has 1 heterocycles. The van der Waals surface area contributed by atoms with Crippen molar-refractivity contribution in [3.63, 3.8) is 0 Å². The molecule has 100 valence electrons. The zero-order valence-electron chi connectivity index (χ0n) is 10.9. The third-order valence-corrected chi connectivity index (χ3v) is 3.29. The SMILES string of the molecule is CN1CNc2ccc(Nc3ccc(C#N)cc3F)cc21. The van der Waals surface area contributed by atoms with Gasteiger partial charge in [-0.1, -0.05) is 0 Å². The largest absolute Gasteiger partial charge is 0.366 e. The summed E-state index contributed by atoms with van der Waals surface area (Å²) >= 11 is 0. The highest BCUT2D eigenvalue weighted by atomic mass is 19.1. The van der Waals surface area contributed by atoms with Crippen LogP contribution in [0.1, 0.15) is 5.56 Å². The van der Waals surface area contributed by atoms with E-state index >= 15 is 0 Å². The molecule has 5 heteroatoms. The Kier molecular flexibility index (Phi) is 2.92. The molecule has 0 aliphatic carbocycles. The van der Waals surface area contributed by atoms with E-state index in [1.54, 1.807) is 12.1 Å². The molecule has 0 atom stereocenters. The molecule has 0 saturated carbocycles. The van der Waals surface area contributed by atoms with Crippen LogP contribution in [0, 0.1) is 17.1 Å². The number of halogens is 1. The minimum absolute atomic E-state index is 0.311. The fourth-order valence-corrected chi connectivity index (χ4v) is 2.21. The van der Waals surface area contributed by atoms with Gasteiger partial charge in [0.2, 0.25) is 0 Å². The van der Waals surface area contributed by atoms with Crippen molar-refractivity contribution in [1.82, 2.24) is 0 Å². The summed E-state index contributed by atoms with van der Waals surface area (Å²) in [6.45, 7) is 0.768. The molecule has 0 bridgehead atoms. The summed E-state index contributed by atoms with van der Waals surface area (Å²) in [4.78, 5) is 2.08. The van der Waals surface area contributed by atoms with E-state index in [0.29, 0.717) is 11.3 Å². The molecule has 3 rings (SSSR count). The van der Waals surface area contributed by atoms with Gasteiger partial charge in [-0.15, -0.1) is 0 Å². The monoisotopic (exact) mass is 268 g/mol. The summed E-state index contributed by atoms with van der Waals surface area (Å²) in [5.74, 6) is -0.434. The van der Waals surface area contributed by atoms with Crippen molar-refractivity contribution in [3.8, 4) is 6.07 Å². The second-order valence-corrected chi connectivity index (χ2v) is 4.70. The van der Waals surface area contributed by atoms with Crippen molar-refractivity contribution >= 4 is 22.7 Å². The molecule has 0 amide bonds. The predicted octanol–water partition coefficient (Wildman–Crippen LogP) is 3.26. The van der Waals surface area contributed by atoms with Crippen LogP contribution >= 0.6 is 0 Å². The Bertz CT molecular complexity index is 706. The molecule has 0 unspecified atom stereocenters. The molecule has 0 spiro atoms. The first-order valence-corrected chi connectivity index (χ1v) is 6.23. The van der Waals surface area contributed by atoms with Gasteiger partial charge in [-0.3, -0.25) is 0 Å². The van der Waals surface area contributed by atoms with E-state index in [9.17, 15) is 4.39 Å². The van der Waals surface area contributed by atoms with Gasteiger partial charge in [0, 0.05) is 12.7 Å². The third-order valence-electron chi connectivity index (χ3n) is 3.29. The Morgan fingerprint density at radius 2 is 2.15 bits per heavy atom. The maximum atomic E-state index is 13.8. The molecule has 4 nitrogen and oxygen atoms in total. The second-order valence-electron chi connectivity index (χ2n) is 4.70. The Morgan fingerprint density at radius 3 is 2.90 bits per heavy atom. The molecule has 0 fully saturated rings. The topological polar surface area (TPSA) is 51.1 Å². The number of nitrogens with one attached hydrogen (secondary N) is 2. The van der Waals surface area contributed by atoms with Crippen molar-refractivity contribution in [2.24, 2.45) is 0 Å². The van der Waals surface area contributed by atoms with Crippen molar-refractivity contribution in [3.05, 3.63) is 47.8 Å².